The van der Waals surface area contributed by atoms with Gasteiger partial charge < -0.3 is 10.6 Å². The number of aryl methyl sites for hydroxylation is 1. The van der Waals surface area contributed by atoms with Gasteiger partial charge in [0.1, 0.15) is 11.9 Å². The minimum Gasteiger partial charge on any atom is -0.372 e. The fraction of sp³-hybridized carbons (Fsp3) is 0.188. The van der Waals surface area contributed by atoms with Gasteiger partial charge in [-0.15, -0.1) is 0 Å². The lowest BCUT2D eigenvalue weighted by Crippen LogP contribution is -2.32. The molecule has 0 saturated carbocycles. The van der Waals surface area contributed by atoms with Crippen LogP contribution in [0, 0.1) is 12.7 Å². The van der Waals surface area contributed by atoms with Crippen molar-refractivity contribution in [2.45, 2.75) is 19.9 Å². The van der Waals surface area contributed by atoms with Crippen LogP contribution < -0.4 is 10.6 Å². The smallest absolute Gasteiger partial charge is 0.246 e. The third-order valence-corrected chi connectivity index (χ3v) is 2.92. The highest BCUT2D eigenvalue weighted by Gasteiger charge is 2.14. The average Bonchev–Trinajstić information content (AvgIpc) is 2.41. The lowest BCUT2D eigenvalue weighted by molar-refractivity contribution is -0.116. The van der Waals surface area contributed by atoms with Crippen molar-refractivity contribution in [1.82, 2.24) is 0 Å². The van der Waals surface area contributed by atoms with Crippen LogP contribution in [0.15, 0.2) is 48.5 Å². The van der Waals surface area contributed by atoms with E-state index in [1.165, 1.54) is 6.07 Å². The number of nitrogens with one attached hydrogen (secondary N) is 2. The van der Waals surface area contributed by atoms with Crippen molar-refractivity contribution in [3.8, 4) is 0 Å². The minimum atomic E-state index is -0.535. The molecule has 0 heterocycles. The molecule has 0 radical (unpaired) electrons. The fourth-order valence-electron chi connectivity index (χ4n) is 1.85. The van der Waals surface area contributed by atoms with Gasteiger partial charge in [0, 0.05) is 5.69 Å². The molecule has 2 rings (SSSR count). The van der Waals surface area contributed by atoms with E-state index in [0.717, 1.165) is 11.3 Å². The van der Waals surface area contributed by atoms with Gasteiger partial charge in [-0.1, -0.05) is 24.3 Å². The summed E-state index contributed by atoms with van der Waals surface area (Å²) in [6, 6.07) is 13.3. The van der Waals surface area contributed by atoms with E-state index in [4.69, 9.17) is 0 Å². The Morgan fingerprint density at radius 1 is 1.15 bits per heavy atom. The summed E-state index contributed by atoms with van der Waals surface area (Å²) >= 11 is 0. The van der Waals surface area contributed by atoms with Gasteiger partial charge in [0.15, 0.2) is 0 Å². The number of hydrogen-bond donors (Lipinski definition) is 2. The van der Waals surface area contributed by atoms with Crippen molar-refractivity contribution in [3.63, 3.8) is 0 Å². The van der Waals surface area contributed by atoms with Crippen molar-refractivity contribution in [2.75, 3.05) is 10.6 Å². The maximum absolute atomic E-state index is 13.5. The molecule has 0 spiro atoms. The summed E-state index contributed by atoms with van der Waals surface area (Å²) in [5.74, 6) is -0.582. The third kappa shape index (κ3) is 3.57. The van der Waals surface area contributed by atoms with Crippen LogP contribution in [0.5, 0.6) is 0 Å². The lowest BCUT2D eigenvalue weighted by Gasteiger charge is -2.16. The number of carbonyl (C=O) groups excluding carboxylic acids is 1. The van der Waals surface area contributed by atoms with Gasteiger partial charge in [-0.2, -0.15) is 0 Å². The maximum atomic E-state index is 13.5. The first-order valence-corrected chi connectivity index (χ1v) is 6.45. The minimum absolute atomic E-state index is 0.209. The van der Waals surface area contributed by atoms with Gasteiger partial charge in [0.25, 0.3) is 0 Å². The molecule has 0 fully saturated rings. The molecule has 3 nitrogen and oxygen atoms in total. The van der Waals surface area contributed by atoms with Gasteiger partial charge in [-0.3, -0.25) is 4.79 Å². The monoisotopic (exact) mass is 272 g/mol. The molecule has 0 aromatic heterocycles. The lowest BCUT2D eigenvalue weighted by atomic mass is 10.2. The summed E-state index contributed by atoms with van der Waals surface area (Å²) in [7, 11) is 0. The highest BCUT2D eigenvalue weighted by Crippen LogP contribution is 2.15. The zero-order valence-electron chi connectivity index (χ0n) is 11.5. The molecular weight excluding hydrogens is 255 g/mol. The van der Waals surface area contributed by atoms with E-state index in [0.29, 0.717) is 5.69 Å². The SMILES string of the molecule is Cc1cccc(NC(=O)C(C)Nc2ccccc2F)c1. The molecule has 0 aliphatic carbocycles. The van der Waals surface area contributed by atoms with Gasteiger partial charge >= 0.3 is 0 Å². The third-order valence-electron chi connectivity index (χ3n) is 2.92. The number of rotatable bonds is 4. The normalized spacial score (nSPS) is 11.8. The summed E-state index contributed by atoms with van der Waals surface area (Å²) in [5, 5.41) is 5.66. The standard InChI is InChI=1S/C16H17FN2O/c1-11-6-5-7-13(10-11)19-16(20)12(2)18-15-9-4-3-8-14(15)17/h3-10,12,18H,1-2H3,(H,19,20). The van der Waals surface area contributed by atoms with Crippen LogP contribution in [0.2, 0.25) is 0 Å². The Morgan fingerprint density at radius 2 is 1.90 bits per heavy atom. The van der Waals surface area contributed by atoms with Crippen molar-refractivity contribution in [2.24, 2.45) is 0 Å². The molecule has 1 unspecified atom stereocenters. The van der Waals surface area contributed by atoms with E-state index in [1.807, 2.05) is 31.2 Å². The molecule has 20 heavy (non-hydrogen) atoms. The average molecular weight is 272 g/mol. The van der Waals surface area contributed by atoms with E-state index in [9.17, 15) is 9.18 Å². The van der Waals surface area contributed by atoms with Crippen molar-refractivity contribution in [1.29, 1.82) is 0 Å². The van der Waals surface area contributed by atoms with Crippen LogP contribution in [0.1, 0.15) is 12.5 Å². The van der Waals surface area contributed by atoms with Crippen LogP contribution in [0.4, 0.5) is 15.8 Å². The maximum Gasteiger partial charge on any atom is 0.246 e. The predicted molar refractivity (Wildman–Crippen MR) is 79.3 cm³/mol. The van der Waals surface area contributed by atoms with Gasteiger partial charge in [0.2, 0.25) is 5.91 Å². The molecule has 2 N–H and O–H groups in total. The van der Waals surface area contributed by atoms with Crippen molar-refractivity contribution < 1.29 is 9.18 Å². The van der Waals surface area contributed by atoms with E-state index in [1.54, 1.807) is 25.1 Å². The summed E-state index contributed by atoms with van der Waals surface area (Å²) in [4.78, 5) is 12.0. The molecule has 0 bridgehead atoms. The van der Waals surface area contributed by atoms with Crippen LogP contribution in [0.3, 0.4) is 0 Å². The first kappa shape index (κ1) is 14.1. The Kier molecular flexibility index (Phi) is 4.35. The largest absolute Gasteiger partial charge is 0.372 e. The first-order valence-electron chi connectivity index (χ1n) is 6.45. The second kappa shape index (κ2) is 6.19. The van der Waals surface area contributed by atoms with E-state index < -0.39 is 6.04 Å². The Labute approximate surface area is 117 Å². The zero-order valence-corrected chi connectivity index (χ0v) is 11.5. The predicted octanol–water partition coefficient (Wildman–Crippen LogP) is 3.57. The zero-order chi connectivity index (χ0) is 14.5. The Balaban J connectivity index is 2.01. The number of anilines is 2. The van der Waals surface area contributed by atoms with Crippen LogP contribution in [-0.4, -0.2) is 11.9 Å². The summed E-state index contributed by atoms with van der Waals surface area (Å²) in [6.07, 6.45) is 0. The number of hydrogen-bond acceptors (Lipinski definition) is 2. The van der Waals surface area contributed by atoms with Crippen LogP contribution >= 0.6 is 0 Å². The molecule has 0 aliphatic rings. The number of benzene rings is 2. The van der Waals surface area contributed by atoms with E-state index in [-0.39, 0.29) is 11.7 Å². The molecule has 1 atom stereocenters. The quantitative estimate of drug-likeness (QED) is 0.893. The van der Waals surface area contributed by atoms with E-state index in [2.05, 4.69) is 10.6 Å². The second-order valence-electron chi connectivity index (χ2n) is 4.70. The first-order chi connectivity index (χ1) is 9.56. The number of halogens is 1. The van der Waals surface area contributed by atoms with Crippen LogP contribution in [0.25, 0.3) is 0 Å². The Morgan fingerprint density at radius 3 is 2.60 bits per heavy atom. The molecule has 104 valence electrons. The fourth-order valence-corrected chi connectivity index (χ4v) is 1.85. The molecule has 1 amide bonds. The van der Waals surface area contributed by atoms with Crippen molar-refractivity contribution in [3.05, 3.63) is 59.9 Å². The van der Waals surface area contributed by atoms with Gasteiger partial charge in [0.05, 0.1) is 5.69 Å². The van der Waals surface area contributed by atoms with Gasteiger partial charge in [-0.05, 0) is 43.7 Å². The molecule has 0 saturated heterocycles. The Hall–Kier alpha value is -2.36. The summed E-state index contributed by atoms with van der Waals surface area (Å²) < 4.78 is 13.5. The topological polar surface area (TPSA) is 41.1 Å². The van der Waals surface area contributed by atoms with Crippen molar-refractivity contribution >= 4 is 17.3 Å². The molecule has 2 aromatic rings. The Bertz CT molecular complexity index is 613. The highest BCUT2D eigenvalue weighted by atomic mass is 19.1. The number of para-hydroxylation sites is 1. The molecule has 2 aromatic carbocycles. The number of amides is 1. The van der Waals surface area contributed by atoms with Gasteiger partial charge in [-0.25, -0.2) is 4.39 Å². The molecule has 0 aliphatic heterocycles. The number of carbonyl (C=O) groups is 1. The summed E-state index contributed by atoms with van der Waals surface area (Å²) in [5.41, 5.74) is 2.12. The molecule has 4 heteroatoms. The van der Waals surface area contributed by atoms with E-state index >= 15 is 0 Å². The highest BCUT2D eigenvalue weighted by molar-refractivity contribution is 5.96. The second-order valence-corrected chi connectivity index (χ2v) is 4.70. The van der Waals surface area contributed by atoms with Crippen LogP contribution in [-0.2, 0) is 4.79 Å². The molecular formula is C16H17FN2O. The summed E-state index contributed by atoms with van der Waals surface area (Å²) in [6.45, 7) is 3.65.